The van der Waals surface area contributed by atoms with Crippen LogP contribution in [0.25, 0.3) is 11.0 Å². The highest BCUT2D eigenvalue weighted by molar-refractivity contribution is 5.82. The molecule has 2 fully saturated rings. The van der Waals surface area contributed by atoms with Gasteiger partial charge in [-0.2, -0.15) is 0 Å². The van der Waals surface area contributed by atoms with E-state index in [1.165, 1.54) is 23.8 Å². The number of rotatable bonds is 5. The summed E-state index contributed by atoms with van der Waals surface area (Å²) in [6, 6.07) is 11.2. The molecule has 1 aliphatic carbocycles. The number of H-pyrrole nitrogens is 1. The third-order valence-corrected chi connectivity index (χ3v) is 5.63. The van der Waals surface area contributed by atoms with Crippen molar-refractivity contribution in [1.29, 1.82) is 0 Å². The molecule has 1 saturated heterocycles. The summed E-state index contributed by atoms with van der Waals surface area (Å²) >= 11 is 0. The first kappa shape index (κ1) is 15.8. The first-order chi connectivity index (χ1) is 12.8. The standard InChI is InChI=1S/C20H24N6/c1-12-18(19(26-25-12)13-5-6-13)16-10-17(24-20-15(16)7-9-22-20)23-11-14-4-2-3-8-21-14/h2-4,7-10,12-13,18-19,25-26H,5-6,11H2,1H3,(H2,22,23,24). The van der Waals surface area contributed by atoms with E-state index < -0.39 is 0 Å². The van der Waals surface area contributed by atoms with Gasteiger partial charge in [0, 0.05) is 35.8 Å². The first-order valence-electron chi connectivity index (χ1n) is 9.42. The van der Waals surface area contributed by atoms with E-state index in [9.17, 15) is 0 Å². The third-order valence-electron chi connectivity index (χ3n) is 5.63. The molecule has 0 amide bonds. The van der Waals surface area contributed by atoms with E-state index in [0.717, 1.165) is 23.1 Å². The van der Waals surface area contributed by atoms with Gasteiger partial charge in [-0.1, -0.05) is 6.07 Å². The molecule has 0 radical (unpaired) electrons. The first-order valence-corrected chi connectivity index (χ1v) is 9.42. The van der Waals surface area contributed by atoms with Gasteiger partial charge in [-0.25, -0.2) is 4.98 Å². The number of hydrogen-bond donors (Lipinski definition) is 4. The second kappa shape index (κ2) is 6.37. The van der Waals surface area contributed by atoms with Crippen molar-refractivity contribution in [1.82, 2.24) is 25.8 Å². The van der Waals surface area contributed by atoms with E-state index in [2.05, 4.69) is 45.2 Å². The summed E-state index contributed by atoms with van der Waals surface area (Å²) in [5, 5.41) is 4.67. The number of anilines is 1. The summed E-state index contributed by atoms with van der Waals surface area (Å²) in [5.41, 5.74) is 10.3. The number of fused-ring (bicyclic) bond motifs is 1. The maximum absolute atomic E-state index is 4.76. The van der Waals surface area contributed by atoms with Crippen LogP contribution in [0.4, 0.5) is 5.82 Å². The number of aromatic nitrogens is 3. The van der Waals surface area contributed by atoms with Crippen LogP contribution in [0.1, 0.15) is 36.9 Å². The zero-order chi connectivity index (χ0) is 17.5. The third kappa shape index (κ3) is 2.85. The summed E-state index contributed by atoms with van der Waals surface area (Å²) in [6.45, 7) is 2.93. The fourth-order valence-corrected chi connectivity index (χ4v) is 4.16. The van der Waals surface area contributed by atoms with Gasteiger partial charge in [0.2, 0.25) is 0 Å². The van der Waals surface area contributed by atoms with Crippen LogP contribution in [-0.2, 0) is 6.54 Å². The second-order valence-corrected chi connectivity index (χ2v) is 7.48. The minimum absolute atomic E-state index is 0.393. The molecule has 5 rings (SSSR count). The molecule has 0 spiro atoms. The summed E-state index contributed by atoms with van der Waals surface area (Å²) in [4.78, 5) is 12.4. The quantitative estimate of drug-likeness (QED) is 0.570. The molecule has 3 unspecified atom stereocenters. The molecule has 4 N–H and O–H groups in total. The fourth-order valence-electron chi connectivity index (χ4n) is 4.16. The average molecular weight is 348 g/mol. The van der Waals surface area contributed by atoms with Crippen LogP contribution in [0.3, 0.4) is 0 Å². The average Bonchev–Trinajstić information content (AvgIpc) is 3.27. The van der Waals surface area contributed by atoms with Gasteiger partial charge in [-0.15, -0.1) is 0 Å². The van der Waals surface area contributed by atoms with Crippen LogP contribution in [0.15, 0.2) is 42.7 Å². The summed E-state index contributed by atoms with van der Waals surface area (Å²) in [6.07, 6.45) is 6.46. The molecule has 134 valence electrons. The van der Waals surface area contributed by atoms with Crippen molar-refractivity contribution in [3.05, 3.63) is 54.0 Å². The van der Waals surface area contributed by atoms with Gasteiger partial charge in [0.25, 0.3) is 0 Å². The van der Waals surface area contributed by atoms with E-state index in [1.807, 2.05) is 30.6 Å². The van der Waals surface area contributed by atoms with Gasteiger partial charge in [0.1, 0.15) is 11.5 Å². The van der Waals surface area contributed by atoms with Gasteiger partial charge >= 0.3 is 0 Å². The molecule has 26 heavy (non-hydrogen) atoms. The topological polar surface area (TPSA) is 77.7 Å². The van der Waals surface area contributed by atoms with Gasteiger partial charge < -0.3 is 10.3 Å². The lowest BCUT2D eigenvalue weighted by Crippen LogP contribution is -2.33. The number of hydrazine groups is 1. The zero-order valence-electron chi connectivity index (χ0n) is 14.9. The highest BCUT2D eigenvalue weighted by Gasteiger charge is 2.44. The van der Waals surface area contributed by atoms with Crippen molar-refractivity contribution in [2.24, 2.45) is 5.92 Å². The lowest BCUT2D eigenvalue weighted by Gasteiger charge is -2.23. The lowest BCUT2D eigenvalue weighted by molar-refractivity contribution is 0.474. The Labute approximate surface area is 152 Å². The molecule has 0 bridgehead atoms. The predicted molar refractivity (Wildman–Crippen MR) is 103 cm³/mol. The van der Waals surface area contributed by atoms with Crippen LogP contribution in [0, 0.1) is 5.92 Å². The van der Waals surface area contributed by atoms with Gasteiger partial charge in [0.15, 0.2) is 0 Å². The minimum Gasteiger partial charge on any atom is -0.364 e. The van der Waals surface area contributed by atoms with Crippen molar-refractivity contribution in [2.45, 2.75) is 44.3 Å². The molecule has 3 aromatic heterocycles. The lowest BCUT2D eigenvalue weighted by atomic mass is 9.84. The van der Waals surface area contributed by atoms with E-state index in [0.29, 0.717) is 24.5 Å². The Hall–Kier alpha value is -2.44. The molecule has 2 aliphatic rings. The van der Waals surface area contributed by atoms with Crippen molar-refractivity contribution in [2.75, 3.05) is 5.32 Å². The van der Waals surface area contributed by atoms with Crippen LogP contribution < -0.4 is 16.2 Å². The smallest absolute Gasteiger partial charge is 0.139 e. The Morgan fingerprint density at radius 2 is 2.12 bits per heavy atom. The summed E-state index contributed by atoms with van der Waals surface area (Å²) < 4.78 is 0. The predicted octanol–water partition coefficient (Wildman–Crippen LogP) is 2.93. The molecule has 6 nitrogen and oxygen atoms in total. The number of hydrogen-bond acceptors (Lipinski definition) is 5. The number of nitrogens with zero attached hydrogens (tertiary/aromatic N) is 2. The zero-order valence-corrected chi connectivity index (χ0v) is 14.9. The van der Waals surface area contributed by atoms with Gasteiger partial charge in [0.05, 0.1) is 12.2 Å². The fraction of sp³-hybridized carbons (Fsp3) is 0.400. The van der Waals surface area contributed by atoms with Crippen LogP contribution >= 0.6 is 0 Å². The van der Waals surface area contributed by atoms with Crippen molar-refractivity contribution in [3.63, 3.8) is 0 Å². The molecular formula is C20H24N6. The Kier molecular flexibility index (Phi) is 3.87. The molecule has 3 atom stereocenters. The molecule has 1 aliphatic heterocycles. The highest BCUT2D eigenvalue weighted by atomic mass is 15.4. The number of nitrogens with one attached hydrogen (secondary N) is 4. The Morgan fingerprint density at radius 3 is 2.92 bits per heavy atom. The van der Waals surface area contributed by atoms with E-state index >= 15 is 0 Å². The Bertz CT molecular complexity index is 901. The maximum atomic E-state index is 4.76. The van der Waals surface area contributed by atoms with Gasteiger partial charge in [-0.05, 0) is 55.5 Å². The molecule has 4 heterocycles. The monoisotopic (exact) mass is 348 g/mol. The van der Waals surface area contributed by atoms with Crippen LogP contribution in [-0.4, -0.2) is 27.0 Å². The highest BCUT2D eigenvalue weighted by Crippen LogP contribution is 2.44. The molecule has 3 aromatic rings. The molecule has 1 saturated carbocycles. The normalized spacial score (nSPS) is 25.7. The SMILES string of the molecule is CC1NNC(C2CC2)C1c1cc(NCc2ccccn2)nc2[nH]ccc12. The van der Waals surface area contributed by atoms with E-state index in [-0.39, 0.29) is 0 Å². The van der Waals surface area contributed by atoms with Crippen molar-refractivity contribution in [3.8, 4) is 0 Å². The Morgan fingerprint density at radius 1 is 1.19 bits per heavy atom. The van der Waals surface area contributed by atoms with E-state index in [4.69, 9.17) is 4.98 Å². The largest absolute Gasteiger partial charge is 0.364 e. The number of pyridine rings is 2. The Balaban J connectivity index is 1.49. The molecular weight excluding hydrogens is 324 g/mol. The van der Waals surface area contributed by atoms with Crippen molar-refractivity contribution < 1.29 is 0 Å². The number of aromatic amines is 1. The van der Waals surface area contributed by atoms with Crippen LogP contribution in [0.2, 0.25) is 0 Å². The summed E-state index contributed by atoms with van der Waals surface area (Å²) in [5.74, 6) is 2.12. The second-order valence-electron chi connectivity index (χ2n) is 7.48. The van der Waals surface area contributed by atoms with E-state index in [1.54, 1.807) is 0 Å². The molecule has 0 aromatic carbocycles. The van der Waals surface area contributed by atoms with Gasteiger partial charge in [-0.3, -0.25) is 15.8 Å². The maximum Gasteiger partial charge on any atom is 0.139 e. The van der Waals surface area contributed by atoms with Crippen molar-refractivity contribution >= 4 is 16.9 Å². The minimum atomic E-state index is 0.393. The molecule has 6 heteroatoms. The van der Waals surface area contributed by atoms with Crippen LogP contribution in [0.5, 0.6) is 0 Å². The summed E-state index contributed by atoms with van der Waals surface area (Å²) in [7, 11) is 0.